The third-order valence-corrected chi connectivity index (χ3v) is 1.65. The number of halogens is 4. The number of ether oxygens (including phenoxy) is 1. The van der Waals surface area contributed by atoms with Gasteiger partial charge in [0.15, 0.2) is 11.6 Å². The number of carbonyl (C=O) groups is 1. The minimum absolute atomic E-state index is 0.00781. The lowest BCUT2D eigenvalue weighted by molar-refractivity contribution is -0.135. The van der Waals surface area contributed by atoms with E-state index in [4.69, 9.17) is 5.73 Å². The van der Waals surface area contributed by atoms with E-state index in [1.54, 1.807) is 0 Å². The summed E-state index contributed by atoms with van der Waals surface area (Å²) >= 11 is 0. The fraction of sp³-hybridized carbons (Fsp3) is 0.222. The summed E-state index contributed by atoms with van der Waals surface area (Å²) in [7, 11) is 0. The molecule has 1 atom stereocenters. The number of hydrogen-bond donors (Lipinski definition) is 1. The van der Waals surface area contributed by atoms with E-state index >= 15 is 0 Å². The van der Waals surface area contributed by atoms with Crippen LogP contribution in [0.2, 0.25) is 0 Å². The molecule has 0 aliphatic carbocycles. The van der Waals surface area contributed by atoms with Crippen molar-refractivity contribution in [3.63, 3.8) is 0 Å². The van der Waals surface area contributed by atoms with Crippen LogP contribution in [-0.2, 0) is 4.79 Å². The third-order valence-electron chi connectivity index (χ3n) is 1.65. The van der Waals surface area contributed by atoms with Crippen molar-refractivity contribution in [2.45, 2.75) is 13.0 Å². The largest absolute Gasteiger partial charge is 0.419 e. The minimum atomic E-state index is -1.78. The molecule has 3 nitrogen and oxygen atoms in total. The van der Waals surface area contributed by atoms with Gasteiger partial charge in [-0.15, -0.1) is 0 Å². The molecule has 1 aromatic carbocycles. The van der Waals surface area contributed by atoms with Gasteiger partial charge in [0, 0.05) is 6.07 Å². The molecular formula is C9H7F4NO2. The molecule has 16 heavy (non-hydrogen) atoms. The van der Waals surface area contributed by atoms with Crippen LogP contribution in [0.15, 0.2) is 6.07 Å². The smallest absolute Gasteiger partial charge is 0.328 e. The van der Waals surface area contributed by atoms with Crippen molar-refractivity contribution in [2.75, 3.05) is 0 Å². The zero-order chi connectivity index (χ0) is 12.5. The highest BCUT2D eigenvalue weighted by Crippen LogP contribution is 2.26. The van der Waals surface area contributed by atoms with Crippen LogP contribution < -0.4 is 10.5 Å². The number of nitrogens with two attached hydrogens (primary N) is 1. The van der Waals surface area contributed by atoms with Crippen molar-refractivity contribution in [1.82, 2.24) is 0 Å². The van der Waals surface area contributed by atoms with Crippen molar-refractivity contribution >= 4 is 5.97 Å². The maximum absolute atomic E-state index is 13.0. The molecule has 7 heteroatoms. The van der Waals surface area contributed by atoms with E-state index in [0.29, 0.717) is 0 Å². The minimum Gasteiger partial charge on any atom is -0.419 e. The average Bonchev–Trinajstić information content (AvgIpc) is 2.21. The van der Waals surface area contributed by atoms with Gasteiger partial charge >= 0.3 is 5.97 Å². The Morgan fingerprint density at radius 2 is 1.69 bits per heavy atom. The number of carbonyl (C=O) groups excluding carboxylic acids is 1. The normalized spacial score (nSPS) is 12.4. The van der Waals surface area contributed by atoms with Crippen LogP contribution in [-0.4, -0.2) is 12.0 Å². The van der Waals surface area contributed by atoms with Gasteiger partial charge in [-0.25, -0.2) is 13.6 Å². The highest BCUT2D eigenvalue weighted by molar-refractivity contribution is 5.77. The topological polar surface area (TPSA) is 52.3 Å². The predicted octanol–water partition coefficient (Wildman–Crippen LogP) is 1.50. The molecule has 1 rings (SSSR count). The van der Waals surface area contributed by atoms with E-state index < -0.39 is 41.0 Å². The first-order valence-corrected chi connectivity index (χ1v) is 4.15. The molecule has 0 spiro atoms. The molecule has 88 valence electrons. The van der Waals surface area contributed by atoms with E-state index in [0.717, 1.165) is 0 Å². The van der Waals surface area contributed by atoms with E-state index in [-0.39, 0.29) is 6.07 Å². The number of esters is 1. The van der Waals surface area contributed by atoms with Crippen molar-refractivity contribution in [3.8, 4) is 5.75 Å². The van der Waals surface area contributed by atoms with E-state index in [2.05, 4.69) is 4.74 Å². The summed E-state index contributed by atoms with van der Waals surface area (Å²) in [5.41, 5.74) is 5.05. The van der Waals surface area contributed by atoms with Gasteiger partial charge in [0.25, 0.3) is 0 Å². The van der Waals surface area contributed by atoms with Crippen LogP contribution in [0.3, 0.4) is 0 Å². The van der Waals surface area contributed by atoms with E-state index in [9.17, 15) is 22.4 Å². The summed E-state index contributed by atoms with van der Waals surface area (Å²) in [6.07, 6.45) is 0. The van der Waals surface area contributed by atoms with Crippen LogP contribution in [0.1, 0.15) is 6.92 Å². The standard InChI is InChI=1S/C9H7F4NO2/c1-3(14)9(15)16-8-6(12)4(10)2-5(11)7(8)13/h2-3H,14H2,1H3/t3-/m0/s1. The van der Waals surface area contributed by atoms with Gasteiger partial charge in [0.05, 0.1) is 0 Å². The summed E-state index contributed by atoms with van der Waals surface area (Å²) < 4.78 is 55.4. The van der Waals surface area contributed by atoms with Gasteiger partial charge in [-0.3, -0.25) is 0 Å². The fourth-order valence-electron chi connectivity index (χ4n) is 0.834. The Labute approximate surface area is 87.8 Å². The van der Waals surface area contributed by atoms with Gasteiger partial charge in [0.2, 0.25) is 17.4 Å². The molecule has 0 heterocycles. The molecule has 0 aliphatic heterocycles. The molecule has 0 fully saturated rings. The molecule has 0 radical (unpaired) electrons. The van der Waals surface area contributed by atoms with Crippen LogP contribution in [0.25, 0.3) is 0 Å². The van der Waals surface area contributed by atoms with Gasteiger partial charge in [-0.2, -0.15) is 8.78 Å². The van der Waals surface area contributed by atoms with Crippen LogP contribution in [0.4, 0.5) is 17.6 Å². The van der Waals surface area contributed by atoms with Gasteiger partial charge in [0.1, 0.15) is 6.04 Å². The van der Waals surface area contributed by atoms with E-state index in [1.807, 2.05) is 0 Å². The van der Waals surface area contributed by atoms with E-state index in [1.165, 1.54) is 6.92 Å². The van der Waals surface area contributed by atoms with Crippen molar-refractivity contribution in [1.29, 1.82) is 0 Å². The number of hydrogen-bond acceptors (Lipinski definition) is 3. The summed E-state index contributed by atoms with van der Waals surface area (Å²) in [6, 6.07) is -1.17. The predicted molar refractivity (Wildman–Crippen MR) is 45.6 cm³/mol. The first-order chi connectivity index (χ1) is 7.34. The van der Waals surface area contributed by atoms with Crippen LogP contribution >= 0.6 is 0 Å². The van der Waals surface area contributed by atoms with Gasteiger partial charge < -0.3 is 10.5 Å². The molecule has 0 aromatic heterocycles. The number of benzene rings is 1. The maximum atomic E-state index is 13.0. The molecule has 1 aromatic rings. The molecule has 0 saturated heterocycles. The zero-order valence-corrected chi connectivity index (χ0v) is 8.06. The summed E-state index contributed by atoms with van der Waals surface area (Å²) in [5, 5.41) is 0. The Morgan fingerprint density at radius 1 is 1.25 bits per heavy atom. The molecule has 0 bridgehead atoms. The van der Waals surface area contributed by atoms with Crippen LogP contribution in [0.5, 0.6) is 5.75 Å². The van der Waals surface area contributed by atoms with Gasteiger partial charge in [-0.05, 0) is 6.92 Å². The SMILES string of the molecule is C[C@H](N)C(=O)Oc1c(F)c(F)cc(F)c1F. The Bertz CT molecular complexity index is 408. The van der Waals surface area contributed by atoms with Gasteiger partial charge in [-0.1, -0.05) is 0 Å². The lowest BCUT2D eigenvalue weighted by Gasteiger charge is -2.09. The lowest BCUT2D eigenvalue weighted by Crippen LogP contribution is -2.31. The fourth-order valence-corrected chi connectivity index (χ4v) is 0.834. The highest BCUT2D eigenvalue weighted by atomic mass is 19.2. The average molecular weight is 237 g/mol. The molecule has 2 N–H and O–H groups in total. The Morgan fingerprint density at radius 3 is 2.06 bits per heavy atom. The quantitative estimate of drug-likeness (QED) is 0.367. The summed E-state index contributed by atoms with van der Waals surface area (Å²) in [4.78, 5) is 10.9. The van der Waals surface area contributed by atoms with Crippen molar-refractivity contribution in [2.24, 2.45) is 5.73 Å². The second-order valence-corrected chi connectivity index (χ2v) is 3.01. The zero-order valence-electron chi connectivity index (χ0n) is 8.06. The Hall–Kier alpha value is -1.63. The summed E-state index contributed by atoms with van der Waals surface area (Å²) in [6.45, 7) is 1.19. The molecule has 0 saturated carbocycles. The molecule has 0 amide bonds. The lowest BCUT2D eigenvalue weighted by atomic mass is 10.3. The van der Waals surface area contributed by atoms with Crippen LogP contribution in [0, 0.1) is 23.3 Å². The second-order valence-electron chi connectivity index (χ2n) is 3.01. The maximum Gasteiger partial charge on any atom is 0.328 e. The highest BCUT2D eigenvalue weighted by Gasteiger charge is 2.23. The number of rotatable bonds is 2. The monoisotopic (exact) mass is 237 g/mol. The molecule has 0 unspecified atom stereocenters. The summed E-state index contributed by atoms with van der Waals surface area (Å²) in [5.74, 6) is -9.53. The van der Waals surface area contributed by atoms with Crippen molar-refractivity contribution in [3.05, 3.63) is 29.3 Å². The Kier molecular flexibility index (Phi) is 3.48. The van der Waals surface area contributed by atoms with Crippen molar-refractivity contribution < 1.29 is 27.1 Å². The molecule has 0 aliphatic rings. The molecular weight excluding hydrogens is 230 g/mol. The first kappa shape index (κ1) is 12.4. The Balaban J connectivity index is 3.18. The first-order valence-electron chi connectivity index (χ1n) is 4.15. The third kappa shape index (κ3) is 2.30. The second kappa shape index (κ2) is 4.48.